The molecule has 0 spiro atoms. The highest BCUT2D eigenvalue weighted by molar-refractivity contribution is 5.95. The first-order chi connectivity index (χ1) is 8.15. The molecule has 1 N–H and O–H groups in total. The molecule has 0 amide bonds. The Balaban J connectivity index is 2.47. The minimum absolute atomic E-state index is 0.333. The van der Waals surface area contributed by atoms with Gasteiger partial charge in [-0.1, -0.05) is 0 Å². The second-order valence-electron chi connectivity index (χ2n) is 3.81. The summed E-state index contributed by atoms with van der Waals surface area (Å²) in [5.74, 6) is 0.468. The molecule has 0 fully saturated rings. The number of benzene rings is 1. The van der Waals surface area contributed by atoms with Gasteiger partial charge in [-0.3, -0.25) is 0 Å². The summed E-state index contributed by atoms with van der Waals surface area (Å²) < 4.78 is 10.2. The lowest BCUT2D eigenvalue weighted by molar-refractivity contribution is 0.0520. The van der Waals surface area contributed by atoms with Crippen molar-refractivity contribution in [2.75, 3.05) is 13.7 Å². The fourth-order valence-corrected chi connectivity index (χ4v) is 1.81. The van der Waals surface area contributed by atoms with Crippen LogP contribution in [0, 0.1) is 6.92 Å². The van der Waals surface area contributed by atoms with Gasteiger partial charge < -0.3 is 14.5 Å². The molecule has 1 heterocycles. The van der Waals surface area contributed by atoms with E-state index in [2.05, 4.69) is 4.98 Å². The van der Waals surface area contributed by atoms with Gasteiger partial charge in [0.1, 0.15) is 11.4 Å². The quantitative estimate of drug-likeness (QED) is 0.829. The number of aromatic amines is 1. The molecular weight excluding hydrogens is 218 g/mol. The molecule has 0 saturated carbocycles. The molecule has 0 aliphatic heterocycles. The SMILES string of the molecule is CCOC(=O)c1cc2cc(C)c(OC)cc2[nH]1. The van der Waals surface area contributed by atoms with E-state index in [4.69, 9.17) is 9.47 Å². The van der Waals surface area contributed by atoms with Crippen molar-refractivity contribution in [3.63, 3.8) is 0 Å². The topological polar surface area (TPSA) is 51.3 Å². The summed E-state index contributed by atoms with van der Waals surface area (Å²) in [6.45, 7) is 4.12. The van der Waals surface area contributed by atoms with Crippen molar-refractivity contribution in [1.82, 2.24) is 4.98 Å². The Hall–Kier alpha value is -1.97. The van der Waals surface area contributed by atoms with Gasteiger partial charge in [0, 0.05) is 17.0 Å². The Morgan fingerprint density at radius 2 is 2.12 bits per heavy atom. The summed E-state index contributed by atoms with van der Waals surface area (Å²) in [7, 11) is 1.63. The van der Waals surface area contributed by atoms with Gasteiger partial charge in [-0.25, -0.2) is 4.79 Å². The maximum Gasteiger partial charge on any atom is 0.354 e. The third-order valence-electron chi connectivity index (χ3n) is 2.63. The van der Waals surface area contributed by atoms with Gasteiger partial charge >= 0.3 is 5.97 Å². The predicted octanol–water partition coefficient (Wildman–Crippen LogP) is 2.66. The van der Waals surface area contributed by atoms with E-state index in [0.717, 1.165) is 22.2 Å². The third kappa shape index (κ3) is 2.11. The maximum atomic E-state index is 11.6. The highest BCUT2D eigenvalue weighted by Gasteiger charge is 2.11. The van der Waals surface area contributed by atoms with Crippen LogP contribution in [-0.2, 0) is 4.74 Å². The number of carbonyl (C=O) groups excluding carboxylic acids is 1. The van der Waals surface area contributed by atoms with Crippen LogP contribution in [0.2, 0.25) is 0 Å². The molecule has 2 aromatic rings. The molecule has 0 unspecified atom stereocenters. The first kappa shape index (κ1) is 11.5. The fourth-order valence-electron chi connectivity index (χ4n) is 1.81. The lowest BCUT2D eigenvalue weighted by Gasteiger charge is -2.03. The Labute approximate surface area is 99.5 Å². The van der Waals surface area contributed by atoms with E-state index < -0.39 is 0 Å². The largest absolute Gasteiger partial charge is 0.496 e. The molecule has 1 aromatic carbocycles. The van der Waals surface area contributed by atoms with Crippen molar-refractivity contribution in [3.05, 3.63) is 29.5 Å². The first-order valence-electron chi connectivity index (χ1n) is 5.50. The molecule has 17 heavy (non-hydrogen) atoms. The Morgan fingerprint density at radius 1 is 1.35 bits per heavy atom. The number of hydrogen-bond acceptors (Lipinski definition) is 3. The Morgan fingerprint density at radius 3 is 2.76 bits per heavy atom. The number of fused-ring (bicyclic) bond motifs is 1. The van der Waals surface area contributed by atoms with Crippen molar-refractivity contribution in [2.45, 2.75) is 13.8 Å². The Kier molecular flexibility index (Phi) is 3.04. The molecule has 4 nitrogen and oxygen atoms in total. The van der Waals surface area contributed by atoms with Crippen molar-refractivity contribution in [1.29, 1.82) is 0 Å². The van der Waals surface area contributed by atoms with E-state index in [1.54, 1.807) is 20.1 Å². The van der Waals surface area contributed by atoms with Crippen molar-refractivity contribution in [3.8, 4) is 5.75 Å². The van der Waals surface area contributed by atoms with Crippen LogP contribution in [0.5, 0.6) is 5.75 Å². The lowest BCUT2D eigenvalue weighted by atomic mass is 10.1. The van der Waals surface area contributed by atoms with Crippen LogP contribution in [0.25, 0.3) is 10.9 Å². The van der Waals surface area contributed by atoms with E-state index in [1.807, 2.05) is 19.1 Å². The van der Waals surface area contributed by atoms with E-state index in [1.165, 1.54) is 0 Å². The van der Waals surface area contributed by atoms with Crippen LogP contribution in [0.15, 0.2) is 18.2 Å². The molecule has 4 heteroatoms. The summed E-state index contributed by atoms with van der Waals surface area (Å²) >= 11 is 0. The van der Waals surface area contributed by atoms with Gasteiger partial charge in [0.15, 0.2) is 0 Å². The summed E-state index contributed by atoms with van der Waals surface area (Å²) in [6.07, 6.45) is 0. The third-order valence-corrected chi connectivity index (χ3v) is 2.63. The van der Waals surface area contributed by atoms with Crippen LogP contribution >= 0.6 is 0 Å². The Bertz CT molecular complexity index is 557. The average Bonchev–Trinajstić information content (AvgIpc) is 2.71. The second kappa shape index (κ2) is 4.49. The van der Waals surface area contributed by atoms with Crippen molar-refractivity contribution < 1.29 is 14.3 Å². The van der Waals surface area contributed by atoms with Gasteiger partial charge in [0.05, 0.1) is 13.7 Å². The summed E-state index contributed by atoms with van der Waals surface area (Å²) in [4.78, 5) is 14.6. The molecule has 0 aliphatic rings. The predicted molar refractivity (Wildman–Crippen MR) is 65.5 cm³/mol. The smallest absolute Gasteiger partial charge is 0.354 e. The van der Waals surface area contributed by atoms with Crippen LogP contribution in [0.1, 0.15) is 23.0 Å². The van der Waals surface area contributed by atoms with Gasteiger partial charge in [0.25, 0.3) is 0 Å². The normalized spacial score (nSPS) is 10.5. The zero-order valence-electron chi connectivity index (χ0n) is 10.2. The molecule has 90 valence electrons. The van der Waals surface area contributed by atoms with Crippen molar-refractivity contribution >= 4 is 16.9 Å². The molecule has 0 bridgehead atoms. The minimum atomic E-state index is -0.333. The zero-order chi connectivity index (χ0) is 12.4. The van der Waals surface area contributed by atoms with E-state index >= 15 is 0 Å². The monoisotopic (exact) mass is 233 g/mol. The molecule has 1 aromatic heterocycles. The van der Waals surface area contributed by atoms with Gasteiger partial charge in [-0.05, 0) is 31.5 Å². The number of esters is 1. The number of carbonyl (C=O) groups is 1. The summed E-state index contributed by atoms with van der Waals surface area (Å²) in [5, 5.41) is 0.978. The fraction of sp³-hybridized carbons (Fsp3) is 0.308. The summed E-state index contributed by atoms with van der Waals surface area (Å²) in [6, 6.07) is 5.65. The molecule has 0 saturated heterocycles. The number of aryl methyl sites for hydroxylation is 1. The van der Waals surface area contributed by atoms with E-state index in [0.29, 0.717) is 12.3 Å². The molecule has 0 radical (unpaired) electrons. The number of aromatic nitrogens is 1. The number of methoxy groups -OCH3 is 1. The molecule has 0 aliphatic carbocycles. The van der Waals surface area contributed by atoms with Crippen LogP contribution in [0.3, 0.4) is 0 Å². The average molecular weight is 233 g/mol. The van der Waals surface area contributed by atoms with Crippen LogP contribution in [-0.4, -0.2) is 24.7 Å². The standard InChI is InChI=1S/C13H15NO3/c1-4-17-13(15)11-6-9-5-8(2)12(16-3)7-10(9)14-11/h5-7,14H,4H2,1-3H3. The van der Waals surface area contributed by atoms with Gasteiger partial charge in [-0.15, -0.1) is 0 Å². The maximum absolute atomic E-state index is 11.6. The van der Waals surface area contributed by atoms with E-state index in [9.17, 15) is 4.79 Å². The van der Waals surface area contributed by atoms with Crippen LogP contribution < -0.4 is 4.74 Å². The van der Waals surface area contributed by atoms with Crippen molar-refractivity contribution in [2.24, 2.45) is 0 Å². The first-order valence-corrected chi connectivity index (χ1v) is 5.50. The molecule has 0 atom stereocenters. The number of rotatable bonds is 3. The second-order valence-corrected chi connectivity index (χ2v) is 3.81. The number of hydrogen-bond donors (Lipinski definition) is 1. The lowest BCUT2D eigenvalue weighted by Crippen LogP contribution is -2.04. The number of H-pyrrole nitrogens is 1. The molecular formula is C13H15NO3. The minimum Gasteiger partial charge on any atom is -0.496 e. The highest BCUT2D eigenvalue weighted by atomic mass is 16.5. The van der Waals surface area contributed by atoms with Gasteiger partial charge in [0.2, 0.25) is 0 Å². The molecule has 2 rings (SSSR count). The van der Waals surface area contributed by atoms with E-state index in [-0.39, 0.29) is 5.97 Å². The van der Waals surface area contributed by atoms with Crippen LogP contribution in [0.4, 0.5) is 0 Å². The zero-order valence-corrected chi connectivity index (χ0v) is 10.2. The number of ether oxygens (including phenoxy) is 2. The van der Waals surface area contributed by atoms with Gasteiger partial charge in [-0.2, -0.15) is 0 Å². The highest BCUT2D eigenvalue weighted by Crippen LogP contribution is 2.25. The summed E-state index contributed by atoms with van der Waals surface area (Å²) in [5.41, 5.74) is 2.37. The number of nitrogens with one attached hydrogen (secondary N) is 1.